The molecule has 0 radical (unpaired) electrons. The van der Waals surface area contributed by atoms with Crippen molar-refractivity contribution < 1.29 is 0 Å². The molecule has 0 aromatic carbocycles. The molecule has 2 rings (SSSR count). The second-order valence-electron chi connectivity index (χ2n) is 5.73. The van der Waals surface area contributed by atoms with Gasteiger partial charge in [0.05, 0.1) is 5.69 Å². The Kier molecular flexibility index (Phi) is 4.23. The monoisotopic (exact) mass is 247 g/mol. The SMILES string of the molecule is CNCc1cccc(N2CC(C)CC(C)C2C)n1. The molecule has 3 unspecified atom stereocenters. The van der Waals surface area contributed by atoms with Gasteiger partial charge in [0.25, 0.3) is 0 Å². The molecular formula is C15H25N3. The van der Waals surface area contributed by atoms with Crippen LogP contribution in [0.25, 0.3) is 0 Å². The summed E-state index contributed by atoms with van der Waals surface area (Å²) in [7, 11) is 1.96. The minimum absolute atomic E-state index is 0.582. The largest absolute Gasteiger partial charge is 0.353 e. The predicted molar refractivity (Wildman–Crippen MR) is 76.8 cm³/mol. The molecule has 1 aromatic rings. The van der Waals surface area contributed by atoms with Crippen molar-refractivity contribution in [3.8, 4) is 0 Å². The van der Waals surface area contributed by atoms with Gasteiger partial charge in [-0.25, -0.2) is 4.98 Å². The summed E-state index contributed by atoms with van der Waals surface area (Å²) in [5.74, 6) is 2.63. The zero-order valence-corrected chi connectivity index (χ0v) is 12.0. The van der Waals surface area contributed by atoms with Crippen LogP contribution < -0.4 is 10.2 Å². The third-order valence-corrected chi connectivity index (χ3v) is 4.04. The minimum atomic E-state index is 0.582. The first-order chi connectivity index (χ1) is 8.61. The van der Waals surface area contributed by atoms with Crippen LogP contribution in [0.4, 0.5) is 5.82 Å². The van der Waals surface area contributed by atoms with Gasteiger partial charge in [0.1, 0.15) is 5.82 Å². The van der Waals surface area contributed by atoms with E-state index in [0.29, 0.717) is 6.04 Å². The maximum absolute atomic E-state index is 4.77. The number of anilines is 1. The maximum atomic E-state index is 4.77. The van der Waals surface area contributed by atoms with Crippen LogP contribution in [0.1, 0.15) is 32.9 Å². The van der Waals surface area contributed by atoms with E-state index in [0.717, 1.165) is 36.4 Å². The molecule has 1 aromatic heterocycles. The van der Waals surface area contributed by atoms with Crippen molar-refractivity contribution in [1.29, 1.82) is 0 Å². The van der Waals surface area contributed by atoms with Crippen molar-refractivity contribution >= 4 is 5.82 Å². The average Bonchev–Trinajstić information content (AvgIpc) is 2.34. The van der Waals surface area contributed by atoms with E-state index in [2.05, 4.69) is 49.2 Å². The Labute approximate surface area is 111 Å². The van der Waals surface area contributed by atoms with Gasteiger partial charge in [-0.1, -0.05) is 19.9 Å². The van der Waals surface area contributed by atoms with Crippen LogP contribution in [-0.4, -0.2) is 24.6 Å². The fourth-order valence-corrected chi connectivity index (χ4v) is 2.92. The summed E-state index contributed by atoms with van der Waals surface area (Å²) in [5.41, 5.74) is 1.12. The van der Waals surface area contributed by atoms with Gasteiger partial charge in [-0.15, -0.1) is 0 Å². The summed E-state index contributed by atoms with van der Waals surface area (Å²) in [5, 5.41) is 3.16. The zero-order chi connectivity index (χ0) is 13.1. The van der Waals surface area contributed by atoms with Crippen LogP contribution in [0.3, 0.4) is 0 Å². The molecule has 3 atom stereocenters. The van der Waals surface area contributed by atoms with Crippen LogP contribution in [0.5, 0.6) is 0 Å². The van der Waals surface area contributed by atoms with Crippen molar-refractivity contribution in [2.24, 2.45) is 11.8 Å². The number of hydrogen-bond acceptors (Lipinski definition) is 3. The Morgan fingerprint density at radius 1 is 1.33 bits per heavy atom. The molecule has 0 saturated carbocycles. The topological polar surface area (TPSA) is 28.2 Å². The number of hydrogen-bond donors (Lipinski definition) is 1. The molecule has 2 heterocycles. The van der Waals surface area contributed by atoms with Crippen LogP contribution in [0, 0.1) is 11.8 Å². The quantitative estimate of drug-likeness (QED) is 0.890. The third kappa shape index (κ3) is 2.83. The smallest absolute Gasteiger partial charge is 0.129 e. The van der Waals surface area contributed by atoms with Gasteiger partial charge in [0.2, 0.25) is 0 Å². The first-order valence-corrected chi connectivity index (χ1v) is 6.99. The van der Waals surface area contributed by atoms with Crippen LogP contribution in [0.15, 0.2) is 18.2 Å². The fraction of sp³-hybridized carbons (Fsp3) is 0.667. The predicted octanol–water partition coefficient (Wildman–Crippen LogP) is 2.67. The van der Waals surface area contributed by atoms with E-state index in [1.807, 2.05) is 7.05 Å². The summed E-state index contributed by atoms with van der Waals surface area (Å²) in [6.07, 6.45) is 1.33. The van der Waals surface area contributed by atoms with E-state index in [1.165, 1.54) is 6.42 Å². The van der Waals surface area contributed by atoms with Gasteiger partial charge in [-0.3, -0.25) is 0 Å². The van der Waals surface area contributed by atoms with E-state index in [-0.39, 0.29) is 0 Å². The summed E-state index contributed by atoms with van der Waals surface area (Å²) < 4.78 is 0. The number of nitrogens with zero attached hydrogens (tertiary/aromatic N) is 2. The Morgan fingerprint density at radius 3 is 2.83 bits per heavy atom. The second kappa shape index (κ2) is 5.70. The first-order valence-electron chi connectivity index (χ1n) is 6.99. The highest BCUT2D eigenvalue weighted by atomic mass is 15.2. The highest BCUT2D eigenvalue weighted by Crippen LogP contribution is 2.30. The van der Waals surface area contributed by atoms with Crippen molar-refractivity contribution in [3.63, 3.8) is 0 Å². The number of piperidine rings is 1. The summed E-state index contributed by atoms with van der Waals surface area (Å²) in [6, 6.07) is 6.92. The van der Waals surface area contributed by atoms with Crippen molar-refractivity contribution in [2.45, 2.75) is 39.8 Å². The molecule has 1 aliphatic heterocycles. The van der Waals surface area contributed by atoms with Crippen molar-refractivity contribution in [1.82, 2.24) is 10.3 Å². The molecule has 3 nitrogen and oxygen atoms in total. The summed E-state index contributed by atoms with van der Waals surface area (Å²) in [6.45, 7) is 8.98. The number of rotatable bonds is 3. The number of nitrogens with one attached hydrogen (secondary N) is 1. The minimum Gasteiger partial charge on any atom is -0.353 e. The third-order valence-electron chi connectivity index (χ3n) is 4.04. The van der Waals surface area contributed by atoms with Gasteiger partial charge in [-0.2, -0.15) is 0 Å². The van der Waals surface area contributed by atoms with E-state index in [9.17, 15) is 0 Å². The Morgan fingerprint density at radius 2 is 2.11 bits per heavy atom. The molecule has 0 bridgehead atoms. The molecular weight excluding hydrogens is 222 g/mol. The second-order valence-corrected chi connectivity index (χ2v) is 5.73. The Bertz CT molecular complexity index is 391. The normalized spacial score (nSPS) is 28.4. The van der Waals surface area contributed by atoms with Crippen LogP contribution in [-0.2, 0) is 6.54 Å². The van der Waals surface area contributed by atoms with E-state index < -0.39 is 0 Å². The van der Waals surface area contributed by atoms with Crippen molar-refractivity contribution in [2.75, 3.05) is 18.5 Å². The molecule has 18 heavy (non-hydrogen) atoms. The van der Waals surface area contributed by atoms with E-state index in [1.54, 1.807) is 0 Å². The van der Waals surface area contributed by atoms with Crippen LogP contribution in [0.2, 0.25) is 0 Å². The Hall–Kier alpha value is -1.09. The van der Waals surface area contributed by atoms with Crippen molar-refractivity contribution in [3.05, 3.63) is 23.9 Å². The average molecular weight is 247 g/mol. The summed E-state index contributed by atoms with van der Waals surface area (Å²) >= 11 is 0. The highest BCUT2D eigenvalue weighted by molar-refractivity contribution is 5.41. The molecule has 100 valence electrons. The van der Waals surface area contributed by atoms with Crippen LogP contribution >= 0.6 is 0 Å². The van der Waals surface area contributed by atoms with E-state index >= 15 is 0 Å². The Balaban J connectivity index is 2.20. The number of aromatic nitrogens is 1. The number of pyridine rings is 1. The molecule has 3 heteroatoms. The molecule has 1 N–H and O–H groups in total. The lowest BCUT2D eigenvalue weighted by atomic mass is 9.86. The molecule has 0 aliphatic carbocycles. The van der Waals surface area contributed by atoms with Gasteiger partial charge >= 0.3 is 0 Å². The van der Waals surface area contributed by atoms with Gasteiger partial charge in [0, 0.05) is 19.1 Å². The zero-order valence-electron chi connectivity index (χ0n) is 12.0. The highest BCUT2D eigenvalue weighted by Gasteiger charge is 2.29. The molecule has 1 fully saturated rings. The standard InChI is InChI=1S/C15H25N3/c1-11-8-12(2)13(3)18(10-11)15-7-5-6-14(17-15)9-16-4/h5-7,11-13,16H,8-10H2,1-4H3. The molecule has 0 spiro atoms. The fourth-order valence-electron chi connectivity index (χ4n) is 2.92. The maximum Gasteiger partial charge on any atom is 0.129 e. The first kappa shape index (κ1) is 13.3. The molecule has 1 saturated heterocycles. The summed E-state index contributed by atoms with van der Waals surface area (Å²) in [4.78, 5) is 7.24. The lowest BCUT2D eigenvalue weighted by Crippen LogP contribution is -2.46. The molecule has 1 aliphatic rings. The lowest BCUT2D eigenvalue weighted by Gasteiger charge is -2.42. The van der Waals surface area contributed by atoms with Gasteiger partial charge in [-0.05, 0) is 44.4 Å². The van der Waals surface area contributed by atoms with Gasteiger partial charge in [0.15, 0.2) is 0 Å². The lowest BCUT2D eigenvalue weighted by molar-refractivity contribution is 0.295. The van der Waals surface area contributed by atoms with Gasteiger partial charge < -0.3 is 10.2 Å². The van der Waals surface area contributed by atoms with E-state index in [4.69, 9.17) is 4.98 Å². The molecule has 0 amide bonds.